The second-order valence-corrected chi connectivity index (χ2v) is 16.9. The summed E-state index contributed by atoms with van der Waals surface area (Å²) in [4.78, 5) is 66.8. The van der Waals surface area contributed by atoms with Crippen molar-refractivity contribution in [3.05, 3.63) is 53.6 Å². The molecule has 0 aliphatic carbocycles. The lowest BCUT2D eigenvalue weighted by atomic mass is 9.87. The molecule has 3 amide bonds. The monoisotopic (exact) mass is 801 g/mol. The van der Waals surface area contributed by atoms with Crippen LogP contribution in [0.3, 0.4) is 0 Å². The Morgan fingerprint density at radius 2 is 1.59 bits per heavy atom. The lowest BCUT2D eigenvalue weighted by Crippen LogP contribution is -2.51. The Bertz CT molecular complexity index is 2130. The molecule has 4 aromatic rings. The van der Waals surface area contributed by atoms with Crippen molar-refractivity contribution in [2.45, 2.75) is 130 Å². The number of rotatable bonds is 17. The zero-order valence-electron chi connectivity index (χ0n) is 35.2. The van der Waals surface area contributed by atoms with Gasteiger partial charge in [-0.05, 0) is 101 Å². The van der Waals surface area contributed by atoms with Gasteiger partial charge < -0.3 is 30.0 Å². The molecule has 6 atom stereocenters. The van der Waals surface area contributed by atoms with Crippen molar-refractivity contribution in [3.63, 3.8) is 0 Å². The molecule has 314 valence electrons. The van der Waals surface area contributed by atoms with Gasteiger partial charge in [0.2, 0.25) is 17.7 Å². The molecule has 0 saturated carbocycles. The number of fused-ring (bicyclic) bond motifs is 2. The summed E-state index contributed by atoms with van der Waals surface area (Å²) in [7, 11) is 1.74. The van der Waals surface area contributed by atoms with Gasteiger partial charge in [-0.1, -0.05) is 41.0 Å². The summed E-state index contributed by atoms with van der Waals surface area (Å²) in [6.07, 6.45) is 5.66. The Kier molecular flexibility index (Phi) is 13.7. The van der Waals surface area contributed by atoms with Crippen molar-refractivity contribution in [1.29, 1.82) is 0 Å². The number of carbonyl (C=O) groups is 4. The van der Waals surface area contributed by atoms with Crippen LogP contribution in [0.15, 0.2) is 36.4 Å². The van der Waals surface area contributed by atoms with Gasteiger partial charge in [-0.25, -0.2) is 13.8 Å². The van der Waals surface area contributed by atoms with Crippen molar-refractivity contribution < 1.29 is 28.0 Å². The third kappa shape index (κ3) is 8.99. The fourth-order valence-corrected chi connectivity index (χ4v) is 8.83. The Hall–Kier alpha value is -4.65. The Morgan fingerprint density at radius 3 is 2.26 bits per heavy atom. The molecule has 0 bridgehead atoms. The first kappa shape index (κ1) is 42.9. The lowest BCUT2D eigenvalue weighted by Gasteiger charge is -2.31. The van der Waals surface area contributed by atoms with Crippen LogP contribution in [0.2, 0.25) is 0 Å². The third-order valence-corrected chi connectivity index (χ3v) is 12.7. The molecule has 3 N–H and O–H groups in total. The number of hydrogen-bond donors (Lipinski definition) is 3. The average Bonchev–Trinajstić information content (AvgIpc) is 4.01. The summed E-state index contributed by atoms with van der Waals surface area (Å²) in [5, 5.41) is 6.83. The van der Waals surface area contributed by atoms with Crippen LogP contribution in [-0.2, 0) is 32.1 Å². The highest BCUT2D eigenvalue weighted by molar-refractivity contribution is 5.93. The number of carbonyl (C=O) groups excluding carboxylic acids is 4. The Labute approximate surface area is 340 Å². The summed E-state index contributed by atoms with van der Waals surface area (Å²) in [6, 6.07) is 7.76. The molecule has 2 aromatic heterocycles. The highest BCUT2D eigenvalue weighted by atomic mass is 19.1. The van der Waals surface area contributed by atoms with E-state index in [2.05, 4.69) is 15.6 Å². The summed E-state index contributed by atoms with van der Waals surface area (Å²) in [5.74, 6) is -1.26. The van der Waals surface area contributed by atoms with Crippen LogP contribution in [0.25, 0.3) is 33.5 Å². The standard InChI is InChI=1S/C45H61F2N7O4/c1-8-12-36(51-43(56)27(5)9-2)45(58)53-20-11-14-32(53)25-54-39-18-16-30(47)22-38(39)50-42(54)41-35(33-17-15-29(46)21-37(33)49-41)23-31-13-10-19-52(31)44(57)34(26(3)4)24-40(55)28(6)48-7/h15-18,21-22,26-28,31-32,34,36,48-49H,8-14,19-20,23-25H2,1-7H3,(H,51,56). The first-order valence-electron chi connectivity index (χ1n) is 21.3. The van der Waals surface area contributed by atoms with Gasteiger partial charge in [0, 0.05) is 66.9 Å². The number of likely N-dealkylation sites (N-methyl/N-ethyl adjacent to an activating group) is 1. The van der Waals surface area contributed by atoms with Crippen LogP contribution >= 0.6 is 0 Å². The largest absolute Gasteiger partial charge is 0.352 e. The quantitative estimate of drug-likeness (QED) is 0.104. The lowest BCUT2D eigenvalue weighted by molar-refractivity contribution is -0.140. The molecule has 2 aromatic carbocycles. The van der Waals surface area contributed by atoms with Crippen LogP contribution in [0, 0.1) is 29.4 Å². The van der Waals surface area contributed by atoms with Crippen molar-refractivity contribution in [3.8, 4) is 11.5 Å². The van der Waals surface area contributed by atoms with Crippen LogP contribution in [0.5, 0.6) is 0 Å². The number of benzene rings is 2. The minimum absolute atomic E-state index is 0.000772. The number of likely N-dealkylation sites (tertiary alicyclic amines) is 2. The Morgan fingerprint density at radius 1 is 0.914 bits per heavy atom. The van der Waals surface area contributed by atoms with E-state index in [4.69, 9.17) is 4.98 Å². The number of ketones is 1. The molecular weight excluding hydrogens is 741 g/mol. The molecule has 2 aliphatic rings. The summed E-state index contributed by atoms with van der Waals surface area (Å²) >= 11 is 0. The average molecular weight is 802 g/mol. The van der Waals surface area contributed by atoms with E-state index in [1.54, 1.807) is 19.2 Å². The van der Waals surface area contributed by atoms with Crippen molar-refractivity contribution in [2.24, 2.45) is 17.8 Å². The first-order valence-corrected chi connectivity index (χ1v) is 21.3. The normalized spacial score (nSPS) is 19.3. The van der Waals surface area contributed by atoms with Gasteiger partial charge in [0.25, 0.3) is 0 Å². The van der Waals surface area contributed by atoms with E-state index in [0.29, 0.717) is 67.0 Å². The molecule has 6 rings (SSSR count). The zero-order chi connectivity index (χ0) is 41.8. The molecule has 0 radical (unpaired) electrons. The number of Topliss-reactive ketones (excluding diaryl/α,β-unsaturated/α-hetero) is 1. The molecular formula is C45H61F2N7O4. The highest BCUT2D eigenvalue weighted by Gasteiger charge is 2.38. The van der Waals surface area contributed by atoms with Crippen molar-refractivity contribution in [2.75, 3.05) is 20.1 Å². The first-order chi connectivity index (χ1) is 27.8. The van der Waals surface area contributed by atoms with Crippen LogP contribution in [0.4, 0.5) is 8.78 Å². The number of nitrogens with one attached hydrogen (secondary N) is 3. The van der Waals surface area contributed by atoms with E-state index in [1.165, 1.54) is 24.3 Å². The number of aromatic amines is 1. The van der Waals surface area contributed by atoms with Crippen molar-refractivity contribution >= 4 is 45.4 Å². The number of imidazole rings is 1. The fraction of sp³-hybridized carbons (Fsp3) is 0.578. The summed E-state index contributed by atoms with van der Waals surface area (Å²) < 4.78 is 31.6. The van der Waals surface area contributed by atoms with Gasteiger partial charge in [0.1, 0.15) is 23.5 Å². The van der Waals surface area contributed by atoms with E-state index < -0.39 is 23.6 Å². The second kappa shape index (κ2) is 18.5. The van der Waals surface area contributed by atoms with Gasteiger partial charge in [0.05, 0.1) is 22.8 Å². The molecule has 0 spiro atoms. The van der Waals surface area contributed by atoms with E-state index in [0.717, 1.165) is 43.1 Å². The van der Waals surface area contributed by atoms with Gasteiger partial charge in [0.15, 0.2) is 5.82 Å². The number of hydrogen-bond acceptors (Lipinski definition) is 6. The van der Waals surface area contributed by atoms with Gasteiger partial charge in [-0.2, -0.15) is 0 Å². The molecule has 2 saturated heterocycles. The molecule has 2 fully saturated rings. The topological polar surface area (TPSA) is 132 Å². The molecule has 11 nitrogen and oxygen atoms in total. The maximum absolute atomic E-state index is 14.8. The molecule has 6 unspecified atom stereocenters. The Balaban J connectivity index is 1.38. The number of aromatic nitrogens is 3. The van der Waals surface area contributed by atoms with E-state index in [9.17, 15) is 28.0 Å². The smallest absolute Gasteiger partial charge is 0.245 e. The van der Waals surface area contributed by atoms with Crippen LogP contribution in [-0.4, -0.2) is 92.1 Å². The summed E-state index contributed by atoms with van der Waals surface area (Å²) in [6.45, 7) is 13.1. The molecule has 4 heterocycles. The minimum Gasteiger partial charge on any atom is -0.352 e. The summed E-state index contributed by atoms with van der Waals surface area (Å²) in [5.41, 5.74) is 3.24. The van der Waals surface area contributed by atoms with Crippen LogP contribution < -0.4 is 10.6 Å². The van der Waals surface area contributed by atoms with E-state index in [1.807, 2.05) is 55.9 Å². The SMILES string of the molecule is CCCC(NC(=O)C(C)CC)C(=O)N1CCCC1Cn1c(-c2[nH]c3cc(F)ccc3c2CC2CCCN2C(=O)C(CC(=O)C(C)NC)C(C)C)nc2cc(F)ccc21. The fourth-order valence-electron chi connectivity index (χ4n) is 8.83. The van der Waals surface area contributed by atoms with Crippen LogP contribution in [0.1, 0.15) is 98.5 Å². The minimum atomic E-state index is -0.632. The maximum atomic E-state index is 14.8. The third-order valence-electron chi connectivity index (χ3n) is 12.7. The number of H-pyrrole nitrogens is 1. The van der Waals surface area contributed by atoms with E-state index >= 15 is 0 Å². The van der Waals surface area contributed by atoms with Gasteiger partial charge >= 0.3 is 0 Å². The maximum Gasteiger partial charge on any atom is 0.245 e. The highest BCUT2D eigenvalue weighted by Crippen LogP contribution is 2.37. The molecule has 13 heteroatoms. The van der Waals surface area contributed by atoms with Crippen molar-refractivity contribution in [1.82, 2.24) is 35.0 Å². The number of nitrogens with zero attached hydrogens (tertiary/aromatic N) is 4. The predicted octanol–water partition coefficient (Wildman–Crippen LogP) is 7.16. The second-order valence-electron chi connectivity index (χ2n) is 16.9. The van der Waals surface area contributed by atoms with E-state index in [-0.39, 0.29) is 59.9 Å². The number of halogens is 2. The predicted molar refractivity (Wildman–Crippen MR) is 223 cm³/mol. The number of amides is 3. The molecule has 58 heavy (non-hydrogen) atoms. The zero-order valence-corrected chi connectivity index (χ0v) is 35.2. The van der Waals surface area contributed by atoms with Gasteiger partial charge in [-0.15, -0.1) is 0 Å². The van der Waals surface area contributed by atoms with Gasteiger partial charge in [-0.3, -0.25) is 19.2 Å². The molecule has 2 aliphatic heterocycles.